The highest BCUT2D eigenvalue weighted by Crippen LogP contribution is 2.27. The fourth-order valence-electron chi connectivity index (χ4n) is 3.93. The van der Waals surface area contributed by atoms with Gasteiger partial charge in [-0.15, -0.1) is 11.3 Å². The fourth-order valence-corrected chi connectivity index (χ4v) is 5.88. The van der Waals surface area contributed by atoms with Crippen LogP contribution >= 0.6 is 11.3 Å². The first kappa shape index (κ1) is 19.1. The van der Waals surface area contributed by atoms with E-state index in [4.69, 9.17) is 4.74 Å². The van der Waals surface area contributed by atoms with Crippen LogP contribution in [0.25, 0.3) is 0 Å². The number of rotatable bonds is 6. The minimum atomic E-state index is -3.52. The fraction of sp³-hybridized carbons (Fsp3) is 0.500. The first-order valence-corrected chi connectivity index (χ1v) is 12.0. The Hall–Kier alpha value is -1.25. The molecule has 2 aromatic rings. The SMILES string of the molecule is O=S(=O)(NCC(c1cccs1)N1CCOCC1)c1ccc2c(c1)CCCC2. The molecule has 0 saturated carbocycles. The molecular formula is C20H26N2O3S2. The molecule has 1 aromatic carbocycles. The van der Waals surface area contributed by atoms with E-state index in [9.17, 15) is 8.42 Å². The molecule has 1 fully saturated rings. The van der Waals surface area contributed by atoms with Crippen molar-refractivity contribution in [3.63, 3.8) is 0 Å². The van der Waals surface area contributed by atoms with Crippen LogP contribution in [0.15, 0.2) is 40.6 Å². The number of benzene rings is 1. The van der Waals surface area contributed by atoms with Gasteiger partial charge in [0.2, 0.25) is 10.0 Å². The molecule has 1 aliphatic heterocycles. The van der Waals surface area contributed by atoms with Gasteiger partial charge >= 0.3 is 0 Å². The predicted octanol–water partition coefficient (Wildman–Crippen LogP) is 2.98. The molecule has 2 aliphatic rings. The van der Waals surface area contributed by atoms with Gasteiger partial charge in [0.1, 0.15) is 0 Å². The second-order valence-corrected chi connectivity index (χ2v) is 9.92. The van der Waals surface area contributed by atoms with Crippen molar-refractivity contribution < 1.29 is 13.2 Å². The van der Waals surface area contributed by atoms with Crippen LogP contribution in [0.3, 0.4) is 0 Å². The molecule has 0 bridgehead atoms. The Morgan fingerprint density at radius 1 is 1.11 bits per heavy atom. The second-order valence-electron chi connectivity index (χ2n) is 7.17. The molecule has 4 rings (SSSR count). The molecule has 1 saturated heterocycles. The summed E-state index contributed by atoms with van der Waals surface area (Å²) in [7, 11) is -3.52. The van der Waals surface area contributed by atoms with Gasteiger partial charge in [-0.1, -0.05) is 12.1 Å². The lowest BCUT2D eigenvalue weighted by atomic mass is 9.92. The molecule has 0 amide bonds. The van der Waals surface area contributed by atoms with Crippen LogP contribution in [-0.2, 0) is 27.6 Å². The molecular weight excluding hydrogens is 380 g/mol. The summed E-state index contributed by atoms with van der Waals surface area (Å²) < 4.78 is 34.2. The van der Waals surface area contributed by atoms with Crippen LogP contribution in [-0.4, -0.2) is 46.2 Å². The average Bonchev–Trinajstić information content (AvgIpc) is 3.23. The number of morpholine rings is 1. The van der Waals surface area contributed by atoms with Crippen LogP contribution in [0.4, 0.5) is 0 Å². The molecule has 7 heteroatoms. The molecule has 1 unspecified atom stereocenters. The van der Waals surface area contributed by atoms with Gasteiger partial charge in [0, 0.05) is 24.5 Å². The van der Waals surface area contributed by atoms with Gasteiger partial charge in [0.15, 0.2) is 0 Å². The van der Waals surface area contributed by atoms with Crippen molar-refractivity contribution in [1.29, 1.82) is 0 Å². The van der Waals surface area contributed by atoms with Crippen molar-refractivity contribution in [1.82, 2.24) is 9.62 Å². The van der Waals surface area contributed by atoms with Gasteiger partial charge in [0.05, 0.1) is 24.2 Å². The lowest BCUT2D eigenvalue weighted by Crippen LogP contribution is -2.43. The Balaban J connectivity index is 1.51. The summed E-state index contributed by atoms with van der Waals surface area (Å²) in [6, 6.07) is 9.75. The lowest BCUT2D eigenvalue weighted by molar-refractivity contribution is 0.0179. The number of thiophene rings is 1. The lowest BCUT2D eigenvalue weighted by Gasteiger charge is -2.34. The van der Waals surface area contributed by atoms with E-state index < -0.39 is 10.0 Å². The number of ether oxygens (including phenoxy) is 1. The topological polar surface area (TPSA) is 58.6 Å². The van der Waals surface area contributed by atoms with Gasteiger partial charge in [-0.2, -0.15) is 0 Å². The van der Waals surface area contributed by atoms with E-state index in [1.165, 1.54) is 22.4 Å². The second kappa shape index (κ2) is 8.41. The van der Waals surface area contributed by atoms with E-state index in [1.54, 1.807) is 17.4 Å². The summed E-state index contributed by atoms with van der Waals surface area (Å²) in [5.74, 6) is 0. The molecule has 0 spiro atoms. The van der Waals surface area contributed by atoms with Crippen LogP contribution in [0.5, 0.6) is 0 Å². The van der Waals surface area contributed by atoms with Crippen molar-refractivity contribution in [2.45, 2.75) is 36.6 Å². The van der Waals surface area contributed by atoms with Gasteiger partial charge in [-0.25, -0.2) is 13.1 Å². The zero-order valence-corrected chi connectivity index (χ0v) is 17.0. The summed E-state index contributed by atoms with van der Waals surface area (Å²) >= 11 is 1.67. The number of sulfonamides is 1. The summed E-state index contributed by atoms with van der Waals surface area (Å²) in [5.41, 5.74) is 2.48. The van der Waals surface area contributed by atoms with Crippen molar-refractivity contribution in [2.75, 3.05) is 32.8 Å². The molecule has 1 N–H and O–H groups in total. The number of hydrogen-bond acceptors (Lipinski definition) is 5. The van der Waals surface area contributed by atoms with E-state index in [0.717, 1.165) is 32.4 Å². The number of nitrogens with zero attached hydrogens (tertiary/aromatic N) is 1. The minimum absolute atomic E-state index is 0.0429. The van der Waals surface area contributed by atoms with Crippen molar-refractivity contribution >= 4 is 21.4 Å². The molecule has 27 heavy (non-hydrogen) atoms. The Bertz CT molecular complexity index is 859. The zero-order chi connectivity index (χ0) is 18.7. The Morgan fingerprint density at radius 3 is 2.63 bits per heavy atom. The van der Waals surface area contributed by atoms with Gasteiger partial charge in [-0.3, -0.25) is 4.90 Å². The van der Waals surface area contributed by atoms with Crippen molar-refractivity contribution in [3.05, 3.63) is 51.7 Å². The van der Waals surface area contributed by atoms with Crippen LogP contribution in [0.2, 0.25) is 0 Å². The molecule has 1 aliphatic carbocycles. The van der Waals surface area contributed by atoms with Crippen molar-refractivity contribution in [2.24, 2.45) is 0 Å². The first-order valence-electron chi connectivity index (χ1n) is 9.60. The highest BCUT2D eigenvalue weighted by atomic mass is 32.2. The number of aryl methyl sites for hydroxylation is 2. The Kier molecular flexibility index (Phi) is 5.94. The average molecular weight is 407 g/mol. The summed E-state index contributed by atoms with van der Waals surface area (Å²) in [4.78, 5) is 3.88. The van der Waals surface area contributed by atoms with Gasteiger partial charge in [0.25, 0.3) is 0 Å². The van der Waals surface area contributed by atoms with Crippen molar-refractivity contribution in [3.8, 4) is 0 Å². The molecule has 2 heterocycles. The van der Waals surface area contributed by atoms with E-state index in [-0.39, 0.29) is 6.04 Å². The first-order chi connectivity index (χ1) is 13.1. The summed E-state index contributed by atoms with van der Waals surface area (Å²) in [6.45, 7) is 3.41. The standard InChI is InChI=1S/C20H26N2O3S2/c23-27(24,18-8-7-16-4-1-2-5-17(16)14-18)21-15-19(20-6-3-13-26-20)22-9-11-25-12-10-22/h3,6-8,13-14,19,21H,1-2,4-5,9-12,15H2. The Labute approximate surface area is 165 Å². The molecule has 146 valence electrons. The van der Waals surface area contributed by atoms with E-state index in [2.05, 4.69) is 15.7 Å². The molecule has 1 aromatic heterocycles. The van der Waals surface area contributed by atoms with Crippen LogP contribution < -0.4 is 4.72 Å². The largest absolute Gasteiger partial charge is 0.379 e. The summed E-state index contributed by atoms with van der Waals surface area (Å²) in [6.07, 6.45) is 4.37. The third-order valence-electron chi connectivity index (χ3n) is 5.46. The third kappa shape index (κ3) is 4.43. The highest BCUT2D eigenvalue weighted by Gasteiger charge is 2.26. The van der Waals surface area contributed by atoms with E-state index in [0.29, 0.717) is 24.7 Å². The predicted molar refractivity (Wildman–Crippen MR) is 108 cm³/mol. The van der Waals surface area contributed by atoms with Crippen LogP contribution in [0, 0.1) is 0 Å². The van der Waals surface area contributed by atoms with Gasteiger partial charge < -0.3 is 4.74 Å². The van der Waals surface area contributed by atoms with E-state index >= 15 is 0 Å². The monoisotopic (exact) mass is 406 g/mol. The Morgan fingerprint density at radius 2 is 1.89 bits per heavy atom. The molecule has 1 atom stereocenters. The number of fused-ring (bicyclic) bond motifs is 1. The zero-order valence-electron chi connectivity index (χ0n) is 15.4. The number of nitrogens with one attached hydrogen (secondary N) is 1. The number of hydrogen-bond donors (Lipinski definition) is 1. The molecule has 0 radical (unpaired) electrons. The minimum Gasteiger partial charge on any atom is -0.379 e. The maximum absolute atomic E-state index is 12.9. The quantitative estimate of drug-likeness (QED) is 0.801. The smallest absolute Gasteiger partial charge is 0.240 e. The normalized spacial score (nSPS) is 19.6. The summed E-state index contributed by atoms with van der Waals surface area (Å²) in [5, 5.41) is 2.04. The van der Waals surface area contributed by atoms with E-state index in [1.807, 2.05) is 23.6 Å². The van der Waals surface area contributed by atoms with Crippen LogP contribution in [0.1, 0.15) is 34.9 Å². The maximum Gasteiger partial charge on any atom is 0.240 e. The maximum atomic E-state index is 12.9. The molecule has 5 nitrogen and oxygen atoms in total. The third-order valence-corrected chi connectivity index (χ3v) is 7.85. The van der Waals surface area contributed by atoms with Gasteiger partial charge in [-0.05, 0) is 60.4 Å². The highest BCUT2D eigenvalue weighted by molar-refractivity contribution is 7.89.